The number of carboxylic acid groups (broad SMARTS) is 1. The lowest BCUT2D eigenvalue weighted by Gasteiger charge is -2.29. The van der Waals surface area contributed by atoms with Crippen molar-refractivity contribution in [1.29, 1.82) is 5.26 Å². The molecule has 1 aliphatic heterocycles. The van der Waals surface area contributed by atoms with Crippen LogP contribution in [0.4, 0.5) is 0 Å². The highest BCUT2D eigenvalue weighted by atomic mass is 16.4. The molecule has 0 spiro atoms. The summed E-state index contributed by atoms with van der Waals surface area (Å²) >= 11 is 0. The summed E-state index contributed by atoms with van der Waals surface area (Å²) in [5, 5.41) is 17.8. The van der Waals surface area contributed by atoms with Gasteiger partial charge in [-0.25, -0.2) is 0 Å². The van der Waals surface area contributed by atoms with Crippen LogP contribution in [0.5, 0.6) is 0 Å². The first-order valence-electron chi connectivity index (χ1n) is 6.59. The molecule has 0 aromatic heterocycles. The molecule has 1 N–H and O–H groups in total. The number of benzene rings is 1. The van der Waals surface area contributed by atoms with Crippen LogP contribution in [-0.2, 0) is 17.8 Å². The van der Waals surface area contributed by atoms with Crippen LogP contribution in [0.25, 0.3) is 0 Å². The Kier molecular flexibility index (Phi) is 4.53. The topological polar surface area (TPSA) is 64.3 Å². The van der Waals surface area contributed by atoms with Crippen molar-refractivity contribution in [1.82, 2.24) is 4.90 Å². The number of nitrogens with zero attached hydrogens (tertiary/aromatic N) is 2. The quantitative estimate of drug-likeness (QED) is 0.897. The predicted octanol–water partition coefficient (Wildman–Crippen LogP) is 2.05. The Morgan fingerprint density at radius 1 is 1.32 bits per heavy atom. The van der Waals surface area contributed by atoms with Crippen LogP contribution < -0.4 is 0 Å². The fourth-order valence-corrected chi connectivity index (χ4v) is 2.51. The fourth-order valence-electron chi connectivity index (χ4n) is 2.51. The maximum Gasteiger partial charge on any atom is 0.307 e. The monoisotopic (exact) mass is 258 g/mol. The largest absolute Gasteiger partial charge is 0.481 e. The first kappa shape index (κ1) is 13.6. The van der Waals surface area contributed by atoms with E-state index in [1.54, 1.807) is 0 Å². The zero-order valence-electron chi connectivity index (χ0n) is 10.9. The van der Waals surface area contributed by atoms with Gasteiger partial charge in [0.05, 0.1) is 12.5 Å². The summed E-state index contributed by atoms with van der Waals surface area (Å²) in [5.41, 5.74) is 1.97. The zero-order valence-corrected chi connectivity index (χ0v) is 10.9. The molecular weight excluding hydrogens is 240 g/mol. The van der Waals surface area contributed by atoms with Gasteiger partial charge in [-0.1, -0.05) is 24.3 Å². The smallest absolute Gasteiger partial charge is 0.307 e. The second kappa shape index (κ2) is 6.35. The van der Waals surface area contributed by atoms with Crippen LogP contribution in [-0.4, -0.2) is 29.1 Å². The third kappa shape index (κ3) is 3.80. The average molecular weight is 258 g/mol. The highest BCUT2D eigenvalue weighted by Crippen LogP contribution is 2.19. The number of aliphatic carboxylic acids is 1. The minimum Gasteiger partial charge on any atom is -0.481 e. The van der Waals surface area contributed by atoms with Crippen LogP contribution in [0, 0.1) is 17.2 Å². The number of carboxylic acids is 1. The average Bonchev–Trinajstić information content (AvgIpc) is 2.41. The maximum absolute atomic E-state index is 10.8. The Balaban J connectivity index is 2.00. The van der Waals surface area contributed by atoms with E-state index in [-0.39, 0.29) is 12.3 Å². The Bertz CT molecular complexity index is 485. The molecule has 1 fully saturated rings. The molecule has 4 heteroatoms. The number of likely N-dealkylation sites (tertiary alicyclic amines) is 1. The molecule has 2 rings (SSSR count). The van der Waals surface area contributed by atoms with Gasteiger partial charge in [0.25, 0.3) is 0 Å². The Hall–Kier alpha value is -1.86. The van der Waals surface area contributed by atoms with Crippen molar-refractivity contribution in [3.8, 4) is 6.07 Å². The molecule has 1 aliphatic rings. The molecule has 0 unspecified atom stereocenters. The molecule has 0 radical (unpaired) electrons. The van der Waals surface area contributed by atoms with E-state index in [1.807, 2.05) is 24.3 Å². The van der Waals surface area contributed by atoms with Crippen molar-refractivity contribution in [3.05, 3.63) is 35.4 Å². The number of rotatable bonds is 4. The van der Waals surface area contributed by atoms with E-state index in [0.717, 1.165) is 43.6 Å². The van der Waals surface area contributed by atoms with Gasteiger partial charge >= 0.3 is 5.97 Å². The number of nitriles is 1. The Morgan fingerprint density at radius 2 is 1.95 bits per heavy atom. The van der Waals surface area contributed by atoms with E-state index in [4.69, 9.17) is 10.4 Å². The molecule has 0 bridgehead atoms. The third-order valence-corrected chi connectivity index (χ3v) is 3.62. The van der Waals surface area contributed by atoms with Gasteiger partial charge < -0.3 is 5.11 Å². The molecular formula is C15H18N2O2. The first-order chi connectivity index (χ1) is 9.19. The highest BCUT2D eigenvalue weighted by molar-refractivity contribution is 5.70. The lowest BCUT2D eigenvalue weighted by Crippen LogP contribution is -2.33. The number of piperidine rings is 1. The first-order valence-corrected chi connectivity index (χ1v) is 6.59. The van der Waals surface area contributed by atoms with E-state index in [0.29, 0.717) is 0 Å². The van der Waals surface area contributed by atoms with Crippen molar-refractivity contribution < 1.29 is 9.90 Å². The van der Waals surface area contributed by atoms with Crippen LogP contribution in [0.1, 0.15) is 24.0 Å². The summed E-state index contributed by atoms with van der Waals surface area (Å²) in [5.74, 6) is -0.610. The van der Waals surface area contributed by atoms with Gasteiger partial charge in [-0.15, -0.1) is 0 Å². The summed E-state index contributed by atoms with van der Waals surface area (Å²) in [7, 11) is 0. The molecule has 1 saturated heterocycles. The number of hydrogen-bond donors (Lipinski definition) is 1. The van der Waals surface area contributed by atoms with Crippen LogP contribution in [0.2, 0.25) is 0 Å². The molecule has 4 nitrogen and oxygen atoms in total. The highest BCUT2D eigenvalue weighted by Gasteiger charge is 2.19. The van der Waals surface area contributed by atoms with Gasteiger partial charge in [0.15, 0.2) is 0 Å². The van der Waals surface area contributed by atoms with Crippen molar-refractivity contribution in [2.75, 3.05) is 13.1 Å². The summed E-state index contributed by atoms with van der Waals surface area (Å²) in [6.07, 6.45) is 1.90. The van der Waals surface area contributed by atoms with E-state index in [2.05, 4.69) is 11.0 Å². The van der Waals surface area contributed by atoms with Crippen LogP contribution in [0.3, 0.4) is 0 Å². The molecule has 100 valence electrons. The normalized spacial score (nSPS) is 17.0. The van der Waals surface area contributed by atoms with Crippen molar-refractivity contribution in [3.63, 3.8) is 0 Å². The summed E-state index contributed by atoms with van der Waals surface area (Å²) in [4.78, 5) is 13.1. The minimum absolute atomic E-state index is 0.0742. The third-order valence-electron chi connectivity index (χ3n) is 3.62. The SMILES string of the molecule is N#CC1CCN(Cc2ccccc2CC(=O)O)CC1. The summed E-state index contributed by atoms with van der Waals surface area (Å²) in [6, 6.07) is 10.0. The molecule has 1 heterocycles. The molecule has 0 amide bonds. The molecule has 19 heavy (non-hydrogen) atoms. The van der Waals surface area contributed by atoms with Crippen LogP contribution in [0.15, 0.2) is 24.3 Å². The van der Waals surface area contributed by atoms with Gasteiger partial charge in [-0.2, -0.15) is 5.26 Å². The lowest BCUT2D eigenvalue weighted by molar-refractivity contribution is -0.136. The number of carbonyl (C=O) groups is 1. The maximum atomic E-state index is 10.8. The van der Waals surface area contributed by atoms with E-state index >= 15 is 0 Å². The van der Waals surface area contributed by atoms with E-state index in [1.165, 1.54) is 0 Å². The van der Waals surface area contributed by atoms with Crippen molar-refractivity contribution in [2.45, 2.75) is 25.8 Å². The van der Waals surface area contributed by atoms with Crippen molar-refractivity contribution >= 4 is 5.97 Å². The molecule has 0 saturated carbocycles. The standard InChI is InChI=1S/C15H18N2O2/c16-10-12-5-7-17(8-6-12)11-14-4-2-1-3-13(14)9-15(18)19/h1-4,12H,5-9,11H2,(H,18,19). The molecule has 1 aromatic carbocycles. The summed E-state index contributed by atoms with van der Waals surface area (Å²) in [6.45, 7) is 2.61. The Morgan fingerprint density at radius 3 is 2.53 bits per heavy atom. The second-order valence-corrected chi connectivity index (χ2v) is 5.02. The molecule has 1 aromatic rings. The van der Waals surface area contributed by atoms with Crippen LogP contribution >= 0.6 is 0 Å². The van der Waals surface area contributed by atoms with Gasteiger partial charge in [-0.05, 0) is 37.1 Å². The summed E-state index contributed by atoms with van der Waals surface area (Å²) < 4.78 is 0. The second-order valence-electron chi connectivity index (χ2n) is 5.02. The Labute approximate surface area is 113 Å². The zero-order chi connectivity index (χ0) is 13.7. The van der Waals surface area contributed by atoms with E-state index in [9.17, 15) is 4.79 Å². The number of hydrogen-bond acceptors (Lipinski definition) is 3. The van der Waals surface area contributed by atoms with E-state index < -0.39 is 5.97 Å². The van der Waals surface area contributed by atoms with Crippen molar-refractivity contribution in [2.24, 2.45) is 5.92 Å². The molecule has 0 atom stereocenters. The van der Waals surface area contributed by atoms with Gasteiger partial charge in [0.2, 0.25) is 0 Å². The van der Waals surface area contributed by atoms with Gasteiger partial charge in [0.1, 0.15) is 0 Å². The minimum atomic E-state index is -0.796. The predicted molar refractivity (Wildman–Crippen MR) is 71.4 cm³/mol. The lowest BCUT2D eigenvalue weighted by atomic mass is 9.97. The fraction of sp³-hybridized carbons (Fsp3) is 0.467. The van der Waals surface area contributed by atoms with Gasteiger partial charge in [-0.3, -0.25) is 9.69 Å². The molecule has 0 aliphatic carbocycles. The van der Waals surface area contributed by atoms with Gasteiger partial charge in [0, 0.05) is 12.5 Å².